The molecule has 2 aromatic carbocycles. The molecule has 5 nitrogen and oxygen atoms in total. The second-order valence-corrected chi connectivity index (χ2v) is 15.9. The molecule has 0 saturated heterocycles. The highest BCUT2D eigenvalue weighted by atomic mass is 28.4. The predicted octanol–water partition coefficient (Wildman–Crippen LogP) is 4.76. The van der Waals surface area contributed by atoms with Gasteiger partial charge in [0, 0.05) is 6.04 Å². The summed E-state index contributed by atoms with van der Waals surface area (Å²) in [5.41, 5.74) is -1.44. The van der Waals surface area contributed by atoms with E-state index in [1.165, 1.54) is 10.4 Å². The van der Waals surface area contributed by atoms with Crippen molar-refractivity contribution in [1.29, 1.82) is 0 Å². The lowest BCUT2D eigenvalue weighted by atomic mass is 9.83. The minimum Gasteiger partial charge on any atom is -0.444 e. The van der Waals surface area contributed by atoms with Gasteiger partial charge in [-0.05, 0) is 61.9 Å². The molecule has 186 valence electrons. The first-order valence-electron chi connectivity index (χ1n) is 12.3. The molecule has 0 heterocycles. The summed E-state index contributed by atoms with van der Waals surface area (Å²) in [5, 5.41) is 16.7. The van der Waals surface area contributed by atoms with Crippen LogP contribution in [0.5, 0.6) is 0 Å². The Balaban J connectivity index is 1.77. The van der Waals surface area contributed by atoms with Crippen molar-refractivity contribution < 1.29 is 19.1 Å². The lowest BCUT2D eigenvalue weighted by molar-refractivity contribution is -0.0429. The molecule has 0 atom stereocenters. The number of alkyl carbamates (subject to hydrolysis) is 1. The van der Waals surface area contributed by atoms with E-state index in [9.17, 15) is 9.90 Å². The van der Waals surface area contributed by atoms with Crippen LogP contribution in [-0.2, 0) is 9.16 Å². The first-order valence-corrected chi connectivity index (χ1v) is 14.2. The van der Waals surface area contributed by atoms with Crippen LogP contribution in [0.4, 0.5) is 4.79 Å². The average Bonchev–Trinajstić information content (AvgIpc) is 2.75. The Kier molecular flexibility index (Phi) is 7.95. The quantitative estimate of drug-likeness (QED) is 0.581. The number of carbonyl (C=O) groups excluding carboxylic acids is 1. The maximum atomic E-state index is 12.2. The number of amides is 1. The third-order valence-corrected chi connectivity index (χ3v) is 11.6. The number of hydrogen-bond donors (Lipinski definition) is 2. The molecule has 1 aliphatic carbocycles. The van der Waals surface area contributed by atoms with E-state index in [1.807, 2.05) is 32.9 Å². The zero-order chi connectivity index (χ0) is 25.0. The number of nitrogens with one attached hydrogen (secondary N) is 1. The van der Waals surface area contributed by atoms with Crippen molar-refractivity contribution in [3.05, 3.63) is 60.7 Å². The van der Waals surface area contributed by atoms with E-state index < -0.39 is 25.6 Å². The molecular formula is C28H41NO4Si. The Bertz CT molecular complexity index is 887. The van der Waals surface area contributed by atoms with E-state index in [0.717, 1.165) is 0 Å². The summed E-state index contributed by atoms with van der Waals surface area (Å²) < 4.78 is 12.4. The zero-order valence-corrected chi connectivity index (χ0v) is 22.6. The van der Waals surface area contributed by atoms with Crippen LogP contribution < -0.4 is 15.7 Å². The molecule has 1 aliphatic rings. The first-order chi connectivity index (χ1) is 15.8. The Morgan fingerprint density at radius 3 is 1.82 bits per heavy atom. The van der Waals surface area contributed by atoms with Gasteiger partial charge in [-0.15, -0.1) is 0 Å². The lowest BCUT2D eigenvalue weighted by Gasteiger charge is -2.45. The monoisotopic (exact) mass is 483 g/mol. The number of hydrogen-bond acceptors (Lipinski definition) is 4. The molecule has 0 aliphatic heterocycles. The SMILES string of the molecule is CC(C)(C)OC(=O)N[C@H]1CC[C@@](O)(CO[Si](c2ccccc2)(c2ccccc2)C(C)(C)C)CC1. The van der Waals surface area contributed by atoms with Crippen molar-refractivity contribution in [2.45, 2.75) is 89.5 Å². The van der Waals surface area contributed by atoms with Gasteiger partial charge in [0.15, 0.2) is 0 Å². The summed E-state index contributed by atoms with van der Waals surface area (Å²) in [6.07, 6.45) is 2.14. The van der Waals surface area contributed by atoms with Crippen LogP contribution in [0.25, 0.3) is 0 Å². The van der Waals surface area contributed by atoms with Gasteiger partial charge in [-0.3, -0.25) is 0 Å². The summed E-state index contributed by atoms with van der Waals surface area (Å²) in [6, 6.07) is 21.0. The second kappa shape index (κ2) is 10.2. The number of carbonyl (C=O) groups is 1. The number of ether oxygens (including phenoxy) is 1. The topological polar surface area (TPSA) is 67.8 Å². The number of aliphatic hydroxyl groups is 1. The van der Waals surface area contributed by atoms with Gasteiger partial charge in [-0.25, -0.2) is 4.79 Å². The van der Waals surface area contributed by atoms with Gasteiger partial charge in [0.2, 0.25) is 0 Å². The summed E-state index contributed by atoms with van der Waals surface area (Å²) in [6.45, 7) is 12.6. The van der Waals surface area contributed by atoms with Gasteiger partial charge in [-0.1, -0.05) is 81.4 Å². The van der Waals surface area contributed by atoms with Gasteiger partial charge in [0.25, 0.3) is 8.32 Å². The molecule has 2 aromatic rings. The number of benzene rings is 2. The molecule has 0 spiro atoms. The second-order valence-electron chi connectivity index (χ2n) is 11.6. The predicted molar refractivity (Wildman–Crippen MR) is 140 cm³/mol. The minimum atomic E-state index is -2.70. The van der Waals surface area contributed by atoms with Gasteiger partial charge in [0.05, 0.1) is 12.2 Å². The molecular weight excluding hydrogens is 442 g/mol. The van der Waals surface area contributed by atoms with Gasteiger partial charge in [0.1, 0.15) is 5.60 Å². The van der Waals surface area contributed by atoms with Crippen LogP contribution in [0.1, 0.15) is 67.2 Å². The van der Waals surface area contributed by atoms with Crippen LogP contribution in [0, 0.1) is 0 Å². The fourth-order valence-electron chi connectivity index (χ4n) is 4.92. The highest BCUT2D eigenvalue weighted by Crippen LogP contribution is 2.38. The lowest BCUT2D eigenvalue weighted by Crippen LogP contribution is -2.67. The maximum absolute atomic E-state index is 12.2. The smallest absolute Gasteiger partial charge is 0.407 e. The fourth-order valence-corrected chi connectivity index (χ4v) is 9.56. The Morgan fingerprint density at radius 2 is 1.41 bits per heavy atom. The molecule has 34 heavy (non-hydrogen) atoms. The average molecular weight is 484 g/mol. The zero-order valence-electron chi connectivity index (χ0n) is 21.6. The van der Waals surface area contributed by atoms with Gasteiger partial charge < -0.3 is 19.6 Å². The van der Waals surface area contributed by atoms with Crippen LogP contribution >= 0.6 is 0 Å². The third kappa shape index (κ3) is 6.29. The van der Waals surface area contributed by atoms with E-state index in [-0.39, 0.29) is 17.7 Å². The molecule has 1 fully saturated rings. The molecule has 3 rings (SSSR count). The Morgan fingerprint density at radius 1 is 0.941 bits per heavy atom. The van der Waals surface area contributed by atoms with Crippen molar-refractivity contribution >= 4 is 24.8 Å². The van der Waals surface area contributed by atoms with Crippen molar-refractivity contribution in [2.75, 3.05) is 6.61 Å². The van der Waals surface area contributed by atoms with E-state index in [0.29, 0.717) is 25.7 Å². The molecule has 2 N–H and O–H groups in total. The standard InChI is InChI=1S/C28H41NO4Si/c1-26(2,3)33-25(30)29-22-17-19-28(31,20-18-22)21-32-34(27(4,5)6,23-13-9-7-10-14-23)24-15-11-8-12-16-24/h7-16,22,31H,17-21H2,1-6H3,(H,29,30)/t22-,28-. The first kappa shape index (κ1) is 26.5. The molecule has 6 heteroatoms. The van der Waals surface area contributed by atoms with Crippen LogP contribution in [0.2, 0.25) is 5.04 Å². The fraction of sp³-hybridized carbons (Fsp3) is 0.536. The summed E-state index contributed by atoms with van der Waals surface area (Å²) >= 11 is 0. The van der Waals surface area contributed by atoms with Crippen LogP contribution in [0.15, 0.2) is 60.7 Å². The molecule has 0 unspecified atom stereocenters. The summed E-state index contributed by atoms with van der Waals surface area (Å²) in [5.74, 6) is 0. The summed E-state index contributed by atoms with van der Waals surface area (Å²) in [7, 11) is -2.70. The minimum absolute atomic E-state index is 0.00277. The van der Waals surface area contributed by atoms with Crippen LogP contribution in [-0.4, -0.2) is 43.4 Å². The van der Waals surface area contributed by atoms with E-state index in [1.54, 1.807) is 0 Å². The molecule has 0 bridgehead atoms. The van der Waals surface area contributed by atoms with Gasteiger partial charge in [-0.2, -0.15) is 0 Å². The Labute approximate surface area is 206 Å². The number of rotatable bonds is 6. The summed E-state index contributed by atoms with van der Waals surface area (Å²) in [4.78, 5) is 12.2. The van der Waals surface area contributed by atoms with Crippen molar-refractivity contribution in [3.63, 3.8) is 0 Å². The Hall–Kier alpha value is -2.15. The van der Waals surface area contributed by atoms with E-state index >= 15 is 0 Å². The highest BCUT2D eigenvalue weighted by Gasteiger charge is 2.51. The van der Waals surface area contributed by atoms with Crippen molar-refractivity contribution in [2.24, 2.45) is 0 Å². The normalized spacial score (nSPS) is 21.7. The van der Waals surface area contributed by atoms with Crippen molar-refractivity contribution in [3.8, 4) is 0 Å². The maximum Gasteiger partial charge on any atom is 0.407 e. The van der Waals surface area contributed by atoms with Gasteiger partial charge >= 0.3 is 6.09 Å². The largest absolute Gasteiger partial charge is 0.444 e. The molecule has 1 amide bonds. The van der Waals surface area contributed by atoms with Crippen LogP contribution in [0.3, 0.4) is 0 Å². The van der Waals surface area contributed by atoms with E-state index in [4.69, 9.17) is 9.16 Å². The molecule has 0 aromatic heterocycles. The van der Waals surface area contributed by atoms with Crippen molar-refractivity contribution in [1.82, 2.24) is 5.32 Å². The van der Waals surface area contributed by atoms with E-state index in [2.05, 4.69) is 74.6 Å². The highest BCUT2D eigenvalue weighted by molar-refractivity contribution is 6.99. The molecule has 1 saturated carbocycles. The third-order valence-electron chi connectivity index (χ3n) is 6.61. The molecule has 0 radical (unpaired) electrons.